The molecule has 0 spiro atoms. The quantitative estimate of drug-likeness (QED) is 0.921. The summed E-state index contributed by atoms with van der Waals surface area (Å²) >= 11 is 1.31. The lowest BCUT2D eigenvalue weighted by Crippen LogP contribution is -2.39. The predicted octanol–water partition coefficient (Wildman–Crippen LogP) is 1.75. The number of halogens is 1. The summed E-state index contributed by atoms with van der Waals surface area (Å²) in [6, 6.07) is 1.53. The van der Waals surface area contributed by atoms with Crippen LogP contribution in [0, 0.1) is 13.8 Å². The van der Waals surface area contributed by atoms with Crippen LogP contribution in [0.15, 0.2) is 10.3 Å². The van der Waals surface area contributed by atoms with E-state index in [0.717, 1.165) is 10.4 Å². The molecule has 2 N–H and O–H groups in total. The Labute approximate surface area is 113 Å². The number of nitrogens with two attached hydrogens (primary N) is 1. The second-order valence-electron chi connectivity index (χ2n) is 3.91. The van der Waals surface area contributed by atoms with Crippen LogP contribution in [-0.4, -0.2) is 32.4 Å². The van der Waals surface area contributed by atoms with E-state index in [1.807, 2.05) is 13.8 Å². The van der Waals surface area contributed by atoms with Crippen molar-refractivity contribution in [2.24, 2.45) is 5.73 Å². The van der Waals surface area contributed by atoms with Gasteiger partial charge in [-0.3, -0.25) is 0 Å². The summed E-state index contributed by atoms with van der Waals surface area (Å²) in [6.07, 6.45) is 0. The molecule has 0 aliphatic rings. The van der Waals surface area contributed by atoms with Gasteiger partial charge >= 0.3 is 0 Å². The molecule has 0 bridgehead atoms. The number of likely N-dealkylation sites (N-methyl/N-ethyl adjacent to an activating group) is 1. The van der Waals surface area contributed by atoms with E-state index in [2.05, 4.69) is 0 Å². The molecular formula is C10H19ClN2O2S2. The van der Waals surface area contributed by atoms with E-state index < -0.39 is 10.0 Å². The van der Waals surface area contributed by atoms with Crippen molar-refractivity contribution in [3.05, 3.63) is 16.5 Å². The number of hydrogen-bond acceptors (Lipinski definition) is 4. The predicted molar refractivity (Wildman–Crippen MR) is 74.5 cm³/mol. The zero-order valence-corrected chi connectivity index (χ0v) is 12.9. The smallest absolute Gasteiger partial charge is 0.252 e. The lowest BCUT2D eigenvalue weighted by atomic mass is 10.3. The Bertz CT molecular complexity index is 451. The summed E-state index contributed by atoms with van der Waals surface area (Å²) in [7, 11) is -1.81. The molecule has 0 aliphatic carbocycles. The molecule has 0 fully saturated rings. The van der Waals surface area contributed by atoms with Crippen LogP contribution in [-0.2, 0) is 10.0 Å². The molecular weight excluding hydrogens is 280 g/mol. The molecule has 0 saturated heterocycles. The third-order valence-corrected chi connectivity index (χ3v) is 6.31. The zero-order valence-electron chi connectivity index (χ0n) is 10.4. The SMILES string of the molecule is Cc1cc(S(=O)(=O)N(C)C(C)CN)sc1C.Cl. The number of nitrogens with zero attached hydrogens (tertiary/aromatic N) is 1. The van der Waals surface area contributed by atoms with E-state index >= 15 is 0 Å². The summed E-state index contributed by atoms with van der Waals surface area (Å²) in [5, 5.41) is 0. The van der Waals surface area contributed by atoms with Gasteiger partial charge < -0.3 is 5.73 Å². The summed E-state index contributed by atoms with van der Waals surface area (Å²) in [4.78, 5) is 1.03. The lowest BCUT2D eigenvalue weighted by Gasteiger charge is -2.21. The number of sulfonamides is 1. The number of thiophene rings is 1. The van der Waals surface area contributed by atoms with Crippen LogP contribution in [0.4, 0.5) is 0 Å². The number of hydrogen-bond donors (Lipinski definition) is 1. The zero-order chi connectivity index (χ0) is 12.5. The van der Waals surface area contributed by atoms with E-state index in [4.69, 9.17) is 5.73 Å². The molecule has 0 amide bonds. The third-order valence-electron chi connectivity index (χ3n) is 2.74. The van der Waals surface area contributed by atoms with E-state index in [1.54, 1.807) is 20.0 Å². The Kier molecular flexibility index (Phi) is 6.10. The minimum absolute atomic E-state index is 0. The maximum Gasteiger partial charge on any atom is 0.252 e. The molecule has 1 aromatic rings. The fourth-order valence-electron chi connectivity index (χ4n) is 1.19. The fraction of sp³-hybridized carbons (Fsp3) is 0.600. The van der Waals surface area contributed by atoms with Gasteiger partial charge in [-0.05, 0) is 32.4 Å². The first-order chi connectivity index (χ1) is 7.30. The van der Waals surface area contributed by atoms with Crippen molar-refractivity contribution < 1.29 is 8.42 Å². The first kappa shape index (κ1) is 16.9. The van der Waals surface area contributed by atoms with Crippen molar-refractivity contribution in [2.75, 3.05) is 13.6 Å². The van der Waals surface area contributed by atoms with Crippen molar-refractivity contribution in [3.63, 3.8) is 0 Å². The van der Waals surface area contributed by atoms with Gasteiger partial charge in [0.15, 0.2) is 0 Å². The molecule has 4 nitrogen and oxygen atoms in total. The molecule has 100 valence electrons. The van der Waals surface area contributed by atoms with Gasteiger partial charge in [-0.2, -0.15) is 4.31 Å². The largest absolute Gasteiger partial charge is 0.329 e. The van der Waals surface area contributed by atoms with Crippen molar-refractivity contribution >= 4 is 33.8 Å². The summed E-state index contributed by atoms with van der Waals surface area (Å²) < 4.78 is 26.1. The molecule has 17 heavy (non-hydrogen) atoms. The van der Waals surface area contributed by atoms with Gasteiger partial charge in [0.2, 0.25) is 0 Å². The number of rotatable bonds is 4. The highest BCUT2D eigenvalue weighted by molar-refractivity contribution is 7.91. The second-order valence-corrected chi connectivity index (χ2v) is 7.39. The van der Waals surface area contributed by atoms with Gasteiger partial charge in [-0.1, -0.05) is 0 Å². The summed E-state index contributed by atoms with van der Waals surface area (Å²) in [6.45, 7) is 5.95. The van der Waals surface area contributed by atoms with Gasteiger partial charge in [0.1, 0.15) is 4.21 Å². The second kappa shape index (κ2) is 6.15. The highest BCUT2D eigenvalue weighted by Gasteiger charge is 2.26. The summed E-state index contributed by atoms with van der Waals surface area (Å²) in [5.41, 5.74) is 6.49. The van der Waals surface area contributed by atoms with Gasteiger partial charge in [-0.15, -0.1) is 23.7 Å². The lowest BCUT2D eigenvalue weighted by molar-refractivity contribution is 0.395. The standard InChI is InChI=1S/C10H18N2O2S2.ClH/c1-7-5-10(15-9(7)3)16(13,14)12(4)8(2)6-11;/h5,8H,6,11H2,1-4H3;1H. The molecule has 1 heterocycles. The Hall–Kier alpha value is -0.140. The first-order valence-electron chi connectivity index (χ1n) is 5.05. The van der Waals surface area contributed by atoms with Crippen molar-refractivity contribution in [2.45, 2.75) is 31.0 Å². The Morgan fingerprint density at radius 2 is 2.00 bits per heavy atom. The van der Waals surface area contributed by atoms with Gasteiger partial charge in [0.05, 0.1) is 0 Å². The van der Waals surface area contributed by atoms with Crippen LogP contribution < -0.4 is 5.73 Å². The van der Waals surface area contributed by atoms with Crippen LogP contribution in [0.2, 0.25) is 0 Å². The third kappa shape index (κ3) is 3.42. The van der Waals surface area contributed by atoms with Crippen LogP contribution in [0.5, 0.6) is 0 Å². The van der Waals surface area contributed by atoms with Crippen molar-refractivity contribution in [1.29, 1.82) is 0 Å². The average molecular weight is 299 g/mol. The van der Waals surface area contributed by atoms with Crippen LogP contribution in [0.3, 0.4) is 0 Å². The van der Waals surface area contributed by atoms with Gasteiger partial charge in [-0.25, -0.2) is 8.42 Å². The van der Waals surface area contributed by atoms with Crippen LogP contribution >= 0.6 is 23.7 Å². The Morgan fingerprint density at radius 1 is 1.47 bits per heavy atom. The van der Waals surface area contributed by atoms with E-state index in [-0.39, 0.29) is 18.4 Å². The summed E-state index contributed by atoms with van der Waals surface area (Å²) in [5.74, 6) is 0. The maximum atomic E-state index is 12.2. The molecule has 1 aromatic heterocycles. The van der Waals surface area contributed by atoms with Crippen LogP contribution in [0.25, 0.3) is 0 Å². The Morgan fingerprint density at radius 3 is 2.35 bits per heavy atom. The van der Waals surface area contributed by atoms with E-state index in [1.165, 1.54) is 15.6 Å². The minimum atomic E-state index is -3.38. The van der Waals surface area contributed by atoms with E-state index in [0.29, 0.717) is 10.8 Å². The molecule has 1 rings (SSSR count). The number of aryl methyl sites for hydroxylation is 2. The van der Waals surface area contributed by atoms with Crippen molar-refractivity contribution in [1.82, 2.24) is 4.31 Å². The molecule has 7 heteroatoms. The average Bonchev–Trinajstić information content (AvgIpc) is 2.57. The molecule has 0 aromatic carbocycles. The van der Waals surface area contributed by atoms with Crippen LogP contribution in [0.1, 0.15) is 17.4 Å². The van der Waals surface area contributed by atoms with Gasteiger partial charge in [0.25, 0.3) is 10.0 Å². The topological polar surface area (TPSA) is 63.4 Å². The molecule has 1 atom stereocenters. The van der Waals surface area contributed by atoms with E-state index in [9.17, 15) is 8.42 Å². The monoisotopic (exact) mass is 298 g/mol. The fourth-order valence-corrected chi connectivity index (χ4v) is 4.27. The van der Waals surface area contributed by atoms with Crippen molar-refractivity contribution in [3.8, 4) is 0 Å². The first-order valence-corrected chi connectivity index (χ1v) is 7.31. The molecule has 0 radical (unpaired) electrons. The highest BCUT2D eigenvalue weighted by Crippen LogP contribution is 2.27. The maximum absolute atomic E-state index is 12.2. The minimum Gasteiger partial charge on any atom is -0.329 e. The molecule has 0 aliphatic heterocycles. The van der Waals surface area contributed by atoms with Gasteiger partial charge in [0, 0.05) is 24.5 Å². The molecule has 0 saturated carbocycles. The normalized spacial score (nSPS) is 13.5. The molecule has 1 unspecified atom stereocenters. The Balaban J connectivity index is 0.00000256. The highest BCUT2D eigenvalue weighted by atomic mass is 35.5.